The van der Waals surface area contributed by atoms with Gasteiger partial charge in [-0.2, -0.15) is 0 Å². The number of carbonyl (C=O) groups excluding carboxylic acids is 2. The van der Waals surface area contributed by atoms with E-state index in [1.807, 2.05) is 44.2 Å². The largest absolute Gasteiger partial charge is 0.350 e. The molecule has 1 rings (SSSR count). The van der Waals surface area contributed by atoms with Crippen LogP contribution in [0.5, 0.6) is 0 Å². The van der Waals surface area contributed by atoms with Gasteiger partial charge < -0.3 is 10.6 Å². The SMILES string of the molecule is [CH]C(=O)NC(C(=O)NCc1ccccc1)C(C)C. The fourth-order valence-corrected chi connectivity index (χ4v) is 1.58. The van der Waals surface area contributed by atoms with Gasteiger partial charge in [0, 0.05) is 6.54 Å². The number of benzene rings is 1. The van der Waals surface area contributed by atoms with Crippen LogP contribution in [-0.4, -0.2) is 17.9 Å². The predicted octanol–water partition coefficient (Wildman–Crippen LogP) is 1.15. The molecule has 1 aromatic carbocycles. The van der Waals surface area contributed by atoms with Crippen molar-refractivity contribution < 1.29 is 9.59 Å². The Balaban J connectivity index is 2.54. The van der Waals surface area contributed by atoms with Crippen molar-refractivity contribution in [2.75, 3.05) is 0 Å². The van der Waals surface area contributed by atoms with Gasteiger partial charge in [-0.15, -0.1) is 0 Å². The summed E-state index contributed by atoms with van der Waals surface area (Å²) in [6, 6.07) is 8.97. The van der Waals surface area contributed by atoms with E-state index in [0.29, 0.717) is 6.54 Å². The second-order valence-corrected chi connectivity index (χ2v) is 4.43. The van der Waals surface area contributed by atoms with Gasteiger partial charge in [0.05, 0.1) is 6.92 Å². The first-order valence-electron chi connectivity index (χ1n) is 5.88. The molecule has 0 saturated heterocycles. The van der Waals surface area contributed by atoms with Gasteiger partial charge >= 0.3 is 0 Å². The molecule has 18 heavy (non-hydrogen) atoms. The zero-order chi connectivity index (χ0) is 13.5. The number of hydrogen-bond donors (Lipinski definition) is 2. The molecular formula is C14H18N2O2. The normalized spacial score (nSPS) is 12.0. The van der Waals surface area contributed by atoms with Gasteiger partial charge in [-0.05, 0) is 11.5 Å². The number of amides is 2. The molecule has 0 spiro atoms. The summed E-state index contributed by atoms with van der Waals surface area (Å²) in [4.78, 5) is 22.7. The van der Waals surface area contributed by atoms with Crippen LogP contribution in [0.2, 0.25) is 0 Å². The van der Waals surface area contributed by atoms with Gasteiger partial charge in [0.2, 0.25) is 11.8 Å². The first kappa shape index (κ1) is 14.2. The molecule has 2 amide bonds. The third-order valence-corrected chi connectivity index (χ3v) is 2.56. The lowest BCUT2D eigenvalue weighted by molar-refractivity contribution is -0.128. The summed E-state index contributed by atoms with van der Waals surface area (Å²) in [5, 5.41) is 5.22. The highest BCUT2D eigenvalue weighted by Gasteiger charge is 2.22. The summed E-state index contributed by atoms with van der Waals surface area (Å²) in [6.07, 6.45) is 0. The van der Waals surface area contributed by atoms with E-state index in [-0.39, 0.29) is 11.8 Å². The Labute approximate surface area is 108 Å². The molecule has 1 aromatic rings. The standard InChI is InChI=1S/C14H18N2O2/c1-10(2)13(16-11(3)17)14(18)15-9-12-7-5-4-6-8-12/h3-8,10,13H,9H2,1-2H3,(H,15,18)(H,16,17). The third kappa shape index (κ3) is 4.57. The Kier molecular flexibility index (Phi) is 5.36. The van der Waals surface area contributed by atoms with Crippen molar-refractivity contribution in [1.82, 2.24) is 10.6 Å². The number of rotatable bonds is 5. The van der Waals surface area contributed by atoms with Crippen molar-refractivity contribution in [1.29, 1.82) is 0 Å². The minimum atomic E-state index is -0.691. The van der Waals surface area contributed by atoms with Crippen molar-refractivity contribution in [2.24, 2.45) is 5.92 Å². The Hall–Kier alpha value is -1.84. The average Bonchev–Trinajstić information content (AvgIpc) is 2.34. The molecule has 0 aliphatic heterocycles. The van der Waals surface area contributed by atoms with Crippen LogP contribution in [0.25, 0.3) is 0 Å². The Morgan fingerprint density at radius 3 is 2.33 bits per heavy atom. The van der Waals surface area contributed by atoms with Crippen LogP contribution in [-0.2, 0) is 16.1 Å². The van der Waals surface area contributed by atoms with Crippen LogP contribution < -0.4 is 10.6 Å². The predicted molar refractivity (Wildman–Crippen MR) is 69.4 cm³/mol. The lowest BCUT2D eigenvalue weighted by Gasteiger charge is -2.20. The van der Waals surface area contributed by atoms with Crippen LogP contribution in [0, 0.1) is 12.8 Å². The maximum atomic E-state index is 11.9. The van der Waals surface area contributed by atoms with Gasteiger partial charge in [-0.3, -0.25) is 9.59 Å². The molecule has 96 valence electrons. The van der Waals surface area contributed by atoms with E-state index < -0.39 is 11.9 Å². The second-order valence-electron chi connectivity index (χ2n) is 4.43. The highest BCUT2D eigenvalue weighted by molar-refractivity contribution is 5.89. The van der Waals surface area contributed by atoms with Gasteiger partial charge in [0.25, 0.3) is 0 Å². The number of hydrogen-bond acceptors (Lipinski definition) is 2. The first-order valence-corrected chi connectivity index (χ1v) is 5.88. The zero-order valence-corrected chi connectivity index (χ0v) is 10.6. The summed E-state index contributed by atoms with van der Waals surface area (Å²) in [5.74, 6) is -0.940. The lowest BCUT2D eigenvalue weighted by Crippen LogP contribution is -2.48. The molecule has 0 saturated carbocycles. The molecule has 4 heteroatoms. The Morgan fingerprint density at radius 1 is 1.22 bits per heavy atom. The molecule has 0 bridgehead atoms. The van der Waals surface area contributed by atoms with Gasteiger partial charge in [-0.1, -0.05) is 44.2 Å². The molecule has 2 radical (unpaired) electrons. The number of nitrogens with one attached hydrogen (secondary N) is 2. The minimum Gasteiger partial charge on any atom is -0.350 e. The molecule has 0 aliphatic rings. The molecule has 0 heterocycles. The molecule has 1 unspecified atom stereocenters. The quantitative estimate of drug-likeness (QED) is 0.819. The van der Waals surface area contributed by atoms with Gasteiger partial charge in [0.1, 0.15) is 6.04 Å². The molecular weight excluding hydrogens is 228 g/mol. The van der Waals surface area contributed by atoms with Crippen LogP contribution in [0.1, 0.15) is 19.4 Å². The van der Waals surface area contributed by atoms with E-state index in [9.17, 15) is 9.59 Å². The Bertz CT molecular complexity index is 402. The lowest BCUT2D eigenvalue weighted by atomic mass is 10.0. The highest BCUT2D eigenvalue weighted by atomic mass is 16.2. The summed E-state index contributed by atoms with van der Waals surface area (Å²) in [5.41, 5.74) is 1.01. The van der Waals surface area contributed by atoms with Crippen LogP contribution >= 0.6 is 0 Å². The van der Waals surface area contributed by atoms with Crippen LogP contribution in [0.3, 0.4) is 0 Å². The minimum absolute atomic E-state index is 0.0201. The van der Waals surface area contributed by atoms with E-state index >= 15 is 0 Å². The maximum Gasteiger partial charge on any atom is 0.243 e. The van der Waals surface area contributed by atoms with Crippen molar-refractivity contribution in [3.05, 3.63) is 42.8 Å². The average molecular weight is 246 g/mol. The van der Waals surface area contributed by atoms with Crippen molar-refractivity contribution in [3.63, 3.8) is 0 Å². The van der Waals surface area contributed by atoms with Crippen molar-refractivity contribution in [2.45, 2.75) is 26.4 Å². The fraction of sp³-hybridized carbons (Fsp3) is 0.357. The molecule has 1 atom stereocenters. The second kappa shape index (κ2) is 6.79. The van der Waals surface area contributed by atoms with E-state index in [1.165, 1.54) is 0 Å². The van der Waals surface area contributed by atoms with E-state index in [2.05, 4.69) is 10.6 Å². The van der Waals surface area contributed by atoms with Gasteiger partial charge in [0.15, 0.2) is 0 Å². The van der Waals surface area contributed by atoms with E-state index in [1.54, 1.807) is 0 Å². The Morgan fingerprint density at radius 2 is 1.83 bits per heavy atom. The molecule has 2 N–H and O–H groups in total. The van der Waals surface area contributed by atoms with Gasteiger partial charge in [-0.25, -0.2) is 0 Å². The molecule has 0 aliphatic carbocycles. The van der Waals surface area contributed by atoms with Crippen molar-refractivity contribution >= 4 is 11.8 Å². The summed E-state index contributed by atoms with van der Waals surface area (Å²) >= 11 is 0. The summed E-state index contributed by atoms with van der Waals surface area (Å²) in [6.45, 7) is 9.18. The van der Waals surface area contributed by atoms with Crippen molar-refractivity contribution in [3.8, 4) is 0 Å². The summed E-state index contributed by atoms with van der Waals surface area (Å²) in [7, 11) is 0. The molecule has 4 nitrogen and oxygen atoms in total. The summed E-state index contributed by atoms with van der Waals surface area (Å²) < 4.78 is 0. The van der Waals surface area contributed by atoms with Crippen LogP contribution in [0.15, 0.2) is 30.3 Å². The molecule has 0 aromatic heterocycles. The van der Waals surface area contributed by atoms with Crippen LogP contribution in [0.4, 0.5) is 0 Å². The zero-order valence-electron chi connectivity index (χ0n) is 10.6. The smallest absolute Gasteiger partial charge is 0.243 e. The molecule has 0 fully saturated rings. The topological polar surface area (TPSA) is 58.2 Å². The highest BCUT2D eigenvalue weighted by Crippen LogP contribution is 2.03. The monoisotopic (exact) mass is 246 g/mol. The number of carbonyl (C=O) groups is 2. The van der Waals surface area contributed by atoms with E-state index in [0.717, 1.165) is 5.56 Å². The van der Waals surface area contributed by atoms with E-state index in [4.69, 9.17) is 6.92 Å². The maximum absolute atomic E-state index is 11.9. The third-order valence-electron chi connectivity index (χ3n) is 2.56. The first-order chi connectivity index (χ1) is 8.50. The fourth-order valence-electron chi connectivity index (χ4n) is 1.58.